The van der Waals surface area contributed by atoms with Gasteiger partial charge in [0.15, 0.2) is 5.78 Å². The van der Waals surface area contributed by atoms with E-state index in [-0.39, 0.29) is 18.9 Å². The third-order valence-electron chi connectivity index (χ3n) is 1.13. The zero-order valence-electron chi connectivity index (χ0n) is 5.53. The molecule has 2 N–H and O–H groups in total. The molecular weight excluding hydrogens is 130 g/mol. The predicted octanol–water partition coefficient (Wildman–Crippen LogP) is -0.589. The first-order chi connectivity index (χ1) is 4.83. The van der Waals surface area contributed by atoms with Crippen LogP contribution in [0.1, 0.15) is 0 Å². The summed E-state index contributed by atoms with van der Waals surface area (Å²) in [6.45, 7) is 0.364. The lowest BCUT2D eigenvalue weighted by Crippen LogP contribution is -2.19. The molecule has 0 aliphatic rings. The molecule has 0 unspecified atom stereocenters. The Morgan fingerprint density at radius 3 is 3.00 bits per heavy atom. The zero-order valence-corrected chi connectivity index (χ0v) is 5.53. The van der Waals surface area contributed by atoms with Crippen molar-refractivity contribution >= 4 is 5.78 Å². The Hall–Kier alpha value is -1.16. The molecule has 0 aliphatic carbocycles. The van der Waals surface area contributed by atoms with Crippen LogP contribution < -0.4 is 5.73 Å². The number of nitrogens with two attached hydrogens (primary N) is 1. The van der Waals surface area contributed by atoms with E-state index in [1.165, 1.54) is 0 Å². The van der Waals surface area contributed by atoms with E-state index in [1.54, 1.807) is 23.1 Å². The van der Waals surface area contributed by atoms with Crippen LogP contribution in [0, 0.1) is 0 Å². The quantitative estimate of drug-likeness (QED) is 0.609. The van der Waals surface area contributed by atoms with Crippen molar-refractivity contribution in [1.82, 2.24) is 9.78 Å². The SMILES string of the molecule is NCC(=O)Cn1cccn1. The average molecular weight is 139 g/mol. The lowest BCUT2D eigenvalue weighted by Gasteiger charge is -1.95. The van der Waals surface area contributed by atoms with Crippen LogP contribution in [0.15, 0.2) is 18.5 Å². The highest BCUT2D eigenvalue weighted by Gasteiger charge is 1.97. The zero-order chi connectivity index (χ0) is 7.40. The van der Waals surface area contributed by atoms with Gasteiger partial charge in [-0.05, 0) is 6.07 Å². The van der Waals surface area contributed by atoms with Gasteiger partial charge in [0, 0.05) is 12.4 Å². The Morgan fingerprint density at radius 1 is 1.70 bits per heavy atom. The molecule has 0 fully saturated rings. The number of rotatable bonds is 3. The van der Waals surface area contributed by atoms with Crippen LogP contribution in [-0.4, -0.2) is 22.1 Å². The van der Waals surface area contributed by atoms with E-state index in [0.29, 0.717) is 0 Å². The van der Waals surface area contributed by atoms with Crippen molar-refractivity contribution < 1.29 is 4.79 Å². The molecule has 1 aromatic rings. The first-order valence-electron chi connectivity index (χ1n) is 3.02. The van der Waals surface area contributed by atoms with Gasteiger partial charge in [-0.2, -0.15) is 5.10 Å². The fraction of sp³-hybridized carbons (Fsp3) is 0.333. The lowest BCUT2D eigenvalue weighted by atomic mass is 10.4. The van der Waals surface area contributed by atoms with E-state index in [0.717, 1.165) is 0 Å². The second-order valence-electron chi connectivity index (χ2n) is 1.95. The van der Waals surface area contributed by atoms with Crippen LogP contribution >= 0.6 is 0 Å². The smallest absolute Gasteiger partial charge is 0.167 e. The second kappa shape index (κ2) is 3.12. The summed E-state index contributed by atoms with van der Waals surface area (Å²) in [5.41, 5.74) is 5.10. The molecule has 1 heterocycles. The summed E-state index contributed by atoms with van der Waals surface area (Å²) in [5.74, 6) is -0.0105. The van der Waals surface area contributed by atoms with E-state index in [1.807, 2.05) is 0 Å². The van der Waals surface area contributed by atoms with Crippen molar-refractivity contribution in [2.45, 2.75) is 6.54 Å². The molecule has 1 rings (SSSR count). The minimum atomic E-state index is -0.0105. The molecular formula is C6H9N3O. The molecule has 1 aromatic heterocycles. The number of ketones is 1. The van der Waals surface area contributed by atoms with Gasteiger partial charge in [0.05, 0.1) is 6.54 Å². The Bertz CT molecular complexity index is 205. The van der Waals surface area contributed by atoms with E-state index in [4.69, 9.17) is 5.73 Å². The summed E-state index contributed by atoms with van der Waals surface area (Å²) in [6.07, 6.45) is 3.36. The van der Waals surface area contributed by atoms with Crippen molar-refractivity contribution in [2.24, 2.45) is 5.73 Å². The molecule has 4 heteroatoms. The molecule has 54 valence electrons. The minimum Gasteiger partial charge on any atom is -0.324 e. The molecule has 0 spiro atoms. The fourth-order valence-electron chi connectivity index (χ4n) is 0.639. The number of aromatic nitrogens is 2. The van der Waals surface area contributed by atoms with Gasteiger partial charge in [-0.3, -0.25) is 9.48 Å². The summed E-state index contributed by atoms with van der Waals surface area (Å²) in [4.78, 5) is 10.7. The maximum absolute atomic E-state index is 10.7. The van der Waals surface area contributed by atoms with E-state index < -0.39 is 0 Å². The van der Waals surface area contributed by atoms with Gasteiger partial charge in [0.2, 0.25) is 0 Å². The summed E-state index contributed by atoms with van der Waals surface area (Å²) in [7, 11) is 0. The third-order valence-corrected chi connectivity index (χ3v) is 1.13. The Balaban J connectivity index is 2.48. The molecule has 0 bridgehead atoms. The van der Waals surface area contributed by atoms with Gasteiger partial charge in [-0.1, -0.05) is 0 Å². The van der Waals surface area contributed by atoms with Gasteiger partial charge < -0.3 is 5.73 Å². The minimum absolute atomic E-state index is 0.0105. The summed E-state index contributed by atoms with van der Waals surface area (Å²) in [6, 6.07) is 1.77. The van der Waals surface area contributed by atoms with Crippen LogP contribution in [-0.2, 0) is 11.3 Å². The van der Waals surface area contributed by atoms with Crippen molar-refractivity contribution in [3.05, 3.63) is 18.5 Å². The van der Waals surface area contributed by atoms with Crippen molar-refractivity contribution in [3.63, 3.8) is 0 Å². The molecule has 0 aromatic carbocycles. The van der Waals surface area contributed by atoms with E-state index in [2.05, 4.69) is 5.10 Å². The van der Waals surface area contributed by atoms with Gasteiger partial charge in [0.25, 0.3) is 0 Å². The van der Waals surface area contributed by atoms with Crippen molar-refractivity contribution in [2.75, 3.05) is 6.54 Å². The largest absolute Gasteiger partial charge is 0.324 e. The second-order valence-corrected chi connectivity index (χ2v) is 1.95. The van der Waals surface area contributed by atoms with E-state index in [9.17, 15) is 4.79 Å². The first-order valence-corrected chi connectivity index (χ1v) is 3.02. The van der Waals surface area contributed by atoms with Gasteiger partial charge in [-0.15, -0.1) is 0 Å². The first kappa shape index (κ1) is 6.95. The van der Waals surface area contributed by atoms with Crippen LogP contribution in [0.5, 0.6) is 0 Å². The van der Waals surface area contributed by atoms with Gasteiger partial charge in [0.1, 0.15) is 6.54 Å². The van der Waals surface area contributed by atoms with Crippen LogP contribution in [0.25, 0.3) is 0 Å². The Morgan fingerprint density at radius 2 is 2.50 bits per heavy atom. The number of Topliss-reactive ketones (excluding diaryl/α,β-unsaturated/α-hetero) is 1. The van der Waals surface area contributed by atoms with Crippen molar-refractivity contribution in [1.29, 1.82) is 0 Å². The topological polar surface area (TPSA) is 60.9 Å². The number of carbonyl (C=O) groups excluding carboxylic acids is 1. The molecule has 10 heavy (non-hydrogen) atoms. The predicted molar refractivity (Wildman–Crippen MR) is 36.3 cm³/mol. The lowest BCUT2D eigenvalue weighted by molar-refractivity contribution is -0.118. The van der Waals surface area contributed by atoms with E-state index >= 15 is 0 Å². The number of hydrogen-bond donors (Lipinski definition) is 1. The van der Waals surface area contributed by atoms with Gasteiger partial charge in [-0.25, -0.2) is 0 Å². The van der Waals surface area contributed by atoms with Gasteiger partial charge >= 0.3 is 0 Å². The molecule has 0 aliphatic heterocycles. The maximum Gasteiger partial charge on any atom is 0.167 e. The molecule has 0 saturated heterocycles. The third kappa shape index (κ3) is 1.66. The summed E-state index contributed by atoms with van der Waals surface area (Å²) < 4.78 is 1.55. The van der Waals surface area contributed by atoms with Crippen molar-refractivity contribution in [3.8, 4) is 0 Å². The van der Waals surface area contributed by atoms with Crippen LogP contribution in [0.3, 0.4) is 0 Å². The Labute approximate surface area is 58.6 Å². The van der Waals surface area contributed by atoms with Crippen LogP contribution in [0.2, 0.25) is 0 Å². The highest BCUT2D eigenvalue weighted by atomic mass is 16.1. The maximum atomic E-state index is 10.7. The molecule has 4 nitrogen and oxygen atoms in total. The summed E-state index contributed by atoms with van der Waals surface area (Å²) in [5, 5.41) is 3.84. The Kier molecular flexibility index (Phi) is 2.17. The number of carbonyl (C=O) groups is 1. The molecule has 0 saturated carbocycles. The average Bonchev–Trinajstić information content (AvgIpc) is 2.40. The monoisotopic (exact) mass is 139 g/mol. The number of nitrogens with zero attached hydrogens (tertiary/aromatic N) is 2. The molecule has 0 radical (unpaired) electrons. The fourth-order valence-corrected chi connectivity index (χ4v) is 0.639. The highest BCUT2D eigenvalue weighted by molar-refractivity contribution is 5.79. The van der Waals surface area contributed by atoms with Crippen LogP contribution in [0.4, 0.5) is 0 Å². The number of hydrogen-bond acceptors (Lipinski definition) is 3. The standard InChI is InChI=1S/C6H9N3O/c7-4-6(10)5-9-3-1-2-8-9/h1-3H,4-5,7H2. The highest BCUT2D eigenvalue weighted by Crippen LogP contribution is 1.83. The summed E-state index contributed by atoms with van der Waals surface area (Å²) >= 11 is 0. The normalized spacial score (nSPS) is 9.70. The molecule has 0 atom stereocenters. The molecule has 0 amide bonds.